The number of hydrogen-bond donors (Lipinski definition) is 0. The zero-order chi connectivity index (χ0) is 6.24. The van der Waals surface area contributed by atoms with E-state index >= 15 is 0 Å². The summed E-state index contributed by atoms with van der Waals surface area (Å²) in [4.78, 5) is 0. The van der Waals surface area contributed by atoms with Crippen molar-refractivity contribution in [2.75, 3.05) is 6.54 Å². The third kappa shape index (κ3) is 12.3. The first kappa shape index (κ1) is 12.7. The Balaban J connectivity index is 0. The summed E-state index contributed by atoms with van der Waals surface area (Å²) in [6.45, 7) is 2.82. The van der Waals surface area contributed by atoms with Gasteiger partial charge in [0.25, 0.3) is 0 Å². The maximum atomic E-state index is 6.84. The normalized spacial score (nSPS) is 8.67. The standard InChI is InChI=1S/C7H16N.Y/c1-2-3-4-5-6-7-8;/h8H,2-7H2,1H3;/q-1;. The first-order valence-electron chi connectivity index (χ1n) is 3.56. The van der Waals surface area contributed by atoms with Gasteiger partial charge in [-0.05, 0) is 0 Å². The molecule has 0 rings (SSSR count). The van der Waals surface area contributed by atoms with Gasteiger partial charge < -0.3 is 5.73 Å². The Morgan fingerprint density at radius 1 is 1.00 bits per heavy atom. The first-order chi connectivity index (χ1) is 3.91. The monoisotopic (exact) mass is 203 g/mol. The summed E-state index contributed by atoms with van der Waals surface area (Å²) in [6, 6.07) is 0. The predicted molar refractivity (Wildman–Crippen MR) is 37.9 cm³/mol. The molecule has 0 bridgehead atoms. The van der Waals surface area contributed by atoms with Gasteiger partial charge in [-0.2, -0.15) is 6.54 Å². The maximum Gasteiger partial charge on any atom is 0 e. The molecule has 1 nitrogen and oxygen atoms in total. The van der Waals surface area contributed by atoms with Crippen LogP contribution in [0.15, 0.2) is 0 Å². The van der Waals surface area contributed by atoms with E-state index in [2.05, 4.69) is 6.92 Å². The molecule has 2 heteroatoms. The summed E-state index contributed by atoms with van der Waals surface area (Å²) < 4.78 is 0. The number of rotatable bonds is 5. The van der Waals surface area contributed by atoms with Gasteiger partial charge in [0.2, 0.25) is 0 Å². The molecule has 0 fully saturated rings. The topological polar surface area (TPSA) is 23.8 Å². The second kappa shape index (κ2) is 11.8. The average molecular weight is 203 g/mol. The summed E-state index contributed by atoms with van der Waals surface area (Å²) in [5, 5.41) is 0. The Hall–Kier alpha value is 1.06. The Kier molecular flexibility index (Phi) is 16.7. The van der Waals surface area contributed by atoms with Crippen LogP contribution in [0.25, 0.3) is 5.73 Å². The van der Waals surface area contributed by atoms with E-state index in [0.717, 1.165) is 6.42 Å². The van der Waals surface area contributed by atoms with Crippen molar-refractivity contribution in [3.63, 3.8) is 0 Å². The van der Waals surface area contributed by atoms with Gasteiger partial charge in [0, 0.05) is 32.7 Å². The van der Waals surface area contributed by atoms with Gasteiger partial charge in [0.1, 0.15) is 0 Å². The van der Waals surface area contributed by atoms with E-state index in [1.807, 2.05) is 0 Å². The SMILES string of the molecule is CCCCCCC[NH-].[Y]. The van der Waals surface area contributed by atoms with Crippen molar-refractivity contribution >= 4 is 0 Å². The van der Waals surface area contributed by atoms with Crippen molar-refractivity contribution in [2.45, 2.75) is 39.0 Å². The molecule has 0 aliphatic carbocycles. The molecule has 0 aromatic carbocycles. The van der Waals surface area contributed by atoms with E-state index in [4.69, 9.17) is 5.73 Å². The van der Waals surface area contributed by atoms with Crippen LogP contribution in [0.2, 0.25) is 0 Å². The molecule has 0 aliphatic heterocycles. The molecule has 0 spiro atoms. The Bertz CT molecular complexity index is 33.9. The largest absolute Gasteiger partial charge is 0.677 e. The third-order valence-electron chi connectivity index (χ3n) is 1.28. The zero-order valence-electron chi connectivity index (χ0n) is 6.32. The summed E-state index contributed by atoms with van der Waals surface area (Å²) in [7, 11) is 0. The van der Waals surface area contributed by atoms with Crippen molar-refractivity contribution in [2.24, 2.45) is 0 Å². The molecule has 0 saturated heterocycles. The van der Waals surface area contributed by atoms with Crippen LogP contribution in [-0.4, -0.2) is 6.54 Å². The van der Waals surface area contributed by atoms with E-state index in [0.29, 0.717) is 6.54 Å². The van der Waals surface area contributed by atoms with Crippen molar-refractivity contribution in [3.05, 3.63) is 5.73 Å². The number of nitrogens with one attached hydrogen (secondary N) is 1. The molecular weight excluding hydrogens is 187 g/mol. The quantitative estimate of drug-likeness (QED) is 0.613. The van der Waals surface area contributed by atoms with Gasteiger partial charge in [0.05, 0.1) is 0 Å². The summed E-state index contributed by atoms with van der Waals surface area (Å²) in [6.07, 6.45) is 6.34. The molecule has 0 unspecified atom stereocenters. The van der Waals surface area contributed by atoms with Gasteiger partial charge in [-0.1, -0.05) is 39.0 Å². The van der Waals surface area contributed by atoms with E-state index < -0.39 is 0 Å². The Labute approximate surface area is 83.7 Å². The molecule has 0 aliphatic rings. The van der Waals surface area contributed by atoms with Crippen LogP contribution < -0.4 is 0 Å². The van der Waals surface area contributed by atoms with Crippen LogP contribution in [0, 0.1) is 0 Å². The van der Waals surface area contributed by atoms with Crippen LogP contribution in [0.5, 0.6) is 0 Å². The molecule has 53 valence electrons. The van der Waals surface area contributed by atoms with Crippen LogP contribution >= 0.6 is 0 Å². The van der Waals surface area contributed by atoms with E-state index in [9.17, 15) is 0 Å². The summed E-state index contributed by atoms with van der Waals surface area (Å²) in [5.74, 6) is 0. The molecule has 0 amide bonds. The average Bonchev–Trinajstić information content (AvgIpc) is 1.81. The van der Waals surface area contributed by atoms with E-state index in [-0.39, 0.29) is 32.7 Å². The molecular formula is C7H16NY-. The van der Waals surface area contributed by atoms with Crippen molar-refractivity contribution < 1.29 is 32.7 Å². The van der Waals surface area contributed by atoms with Crippen molar-refractivity contribution in [3.8, 4) is 0 Å². The maximum absolute atomic E-state index is 6.84. The second-order valence-electron chi connectivity index (χ2n) is 2.16. The number of unbranched alkanes of at least 4 members (excludes halogenated alkanes) is 4. The summed E-state index contributed by atoms with van der Waals surface area (Å²) in [5.41, 5.74) is 6.84. The van der Waals surface area contributed by atoms with Gasteiger partial charge in [-0.15, -0.1) is 0 Å². The molecule has 1 N–H and O–H groups in total. The first-order valence-corrected chi connectivity index (χ1v) is 3.56. The fraction of sp³-hybridized carbons (Fsp3) is 1.00. The molecule has 0 saturated carbocycles. The molecule has 0 aromatic rings. The third-order valence-corrected chi connectivity index (χ3v) is 1.28. The molecule has 1 radical (unpaired) electrons. The molecule has 0 aromatic heterocycles. The smallest absolute Gasteiger partial charge is 0 e. The second-order valence-corrected chi connectivity index (χ2v) is 2.16. The van der Waals surface area contributed by atoms with Crippen LogP contribution in [0.3, 0.4) is 0 Å². The molecule has 9 heavy (non-hydrogen) atoms. The van der Waals surface area contributed by atoms with E-state index in [1.165, 1.54) is 25.7 Å². The van der Waals surface area contributed by atoms with Gasteiger partial charge >= 0.3 is 0 Å². The van der Waals surface area contributed by atoms with Crippen LogP contribution in [-0.2, 0) is 32.7 Å². The zero-order valence-corrected chi connectivity index (χ0v) is 9.16. The molecule has 0 heterocycles. The fourth-order valence-electron chi connectivity index (χ4n) is 0.729. The predicted octanol–water partition coefficient (Wildman–Crippen LogP) is 3.01. The number of hydrogen-bond acceptors (Lipinski definition) is 0. The fourth-order valence-corrected chi connectivity index (χ4v) is 0.729. The Morgan fingerprint density at radius 3 is 2.00 bits per heavy atom. The van der Waals surface area contributed by atoms with Crippen molar-refractivity contribution in [1.82, 2.24) is 0 Å². The minimum Gasteiger partial charge on any atom is -0.677 e. The van der Waals surface area contributed by atoms with Crippen LogP contribution in [0.1, 0.15) is 39.0 Å². The van der Waals surface area contributed by atoms with Gasteiger partial charge in [-0.25, -0.2) is 0 Å². The van der Waals surface area contributed by atoms with Crippen molar-refractivity contribution in [1.29, 1.82) is 0 Å². The Morgan fingerprint density at radius 2 is 1.56 bits per heavy atom. The van der Waals surface area contributed by atoms with Gasteiger partial charge in [-0.3, -0.25) is 0 Å². The van der Waals surface area contributed by atoms with Crippen LogP contribution in [0.4, 0.5) is 0 Å². The minimum absolute atomic E-state index is 0. The summed E-state index contributed by atoms with van der Waals surface area (Å²) >= 11 is 0. The van der Waals surface area contributed by atoms with E-state index in [1.54, 1.807) is 0 Å². The van der Waals surface area contributed by atoms with Gasteiger partial charge in [0.15, 0.2) is 0 Å². The molecule has 0 atom stereocenters. The minimum atomic E-state index is 0.